The molecule has 4 rings (SSSR count). The quantitative estimate of drug-likeness (QED) is 0.795. The van der Waals surface area contributed by atoms with Gasteiger partial charge in [0.2, 0.25) is 0 Å². The van der Waals surface area contributed by atoms with Crippen LogP contribution in [0.25, 0.3) is 11.0 Å². The van der Waals surface area contributed by atoms with Crippen LogP contribution in [0.5, 0.6) is 5.75 Å². The zero-order chi connectivity index (χ0) is 16.5. The summed E-state index contributed by atoms with van der Waals surface area (Å²) >= 11 is 1.62. The molecule has 0 radical (unpaired) electrons. The molecule has 124 valence electrons. The zero-order valence-corrected chi connectivity index (χ0v) is 14.1. The highest BCUT2D eigenvalue weighted by Gasteiger charge is 2.23. The van der Waals surface area contributed by atoms with E-state index in [4.69, 9.17) is 0 Å². The molecule has 0 atom stereocenters. The van der Waals surface area contributed by atoms with Crippen molar-refractivity contribution in [2.45, 2.75) is 25.8 Å². The Morgan fingerprint density at radius 3 is 2.75 bits per heavy atom. The van der Waals surface area contributed by atoms with Crippen molar-refractivity contribution in [2.75, 3.05) is 18.0 Å². The molecule has 4 heterocycles. The second-order valence-corrected chi connectivity index (χ2v) is 7.12. The van der Waals surface area contributed by atoms with Gasteiger partial charge in [-0.15, -0.1) is 11.3 Å². The molecule has 0 unspecified atom stereocenters. The summed E-state index contributed by atoms with van der Waals surface area (Å²) in [6.07, 6.45) is 4.94. The van der Waals surface area contributed by atoms with Crippen LogP contribution in [-0.4, -0.2) is 27.7 Å². The van der Waals surface area contributed by atoms with Gasteiger partial charge in [0.15, 0.2) is 5.75 Å². The molecule has 1 saturated heterocycles. The van der Waals surface area contributed by atoms with Gasteiger partial charge in [0.1, 0.15) is 11.3 Å². The monoisotopic (exact) mass is 341 g/mol. The van der Waals surface area contributed by atoms with Crippen LogP contribution in [0, 0.1) is 0 Å². The van der Waals surface area contributed by atoms with E-state index in [9.17, 15) is 9.90 Å². The number of aromatic nitrogens is 2. The summed E-state index contributed by atoms with van der Waals surface area (Å²) in [6, 6.07) is 7.61. The van der Waals surface area contributed by atoms with Crippen LogP contribution in [0.4, 0.5) is 5.69 Å². The van der Waals surface area contributed by atoms with Crippen LogP contribution in [0.3, 0.4) is 0 Å². The molecule has 1 N–H and O–H groups in total. The van der Waals surface area contributed by atoms with E-state index >= 15 is 0 Å². The maximum atomic E-state index is 13.2. The van der Waals surface area contributed by atoms with Crippen LogP contribution >= 0.6 is 11.3 Å². The summed E-state index contributed by atoms with van der Waals surface area (Å²) in [5.41, 5.74) is 0.801. The predicted molar refractivity (Wildman–Crippen MR) is 97.2 cm³/mol. The first kappa shape index (κ1) is 15.2. The van der Waals surface area contributed by atoms with Crippen LogP contribution in [-0.2, 0) is 6.54 Å². The lowest BCUT2D eigenvalue weighted by molar-refractivity contribution is 0.472. The van der Waals surface area contributed by atoms with E-state index in [0.29, 0.717) is 23.3 Å². The van der Waals surface area contributed by atoms with Crippen LogP contribution in [0.15, 0.2) is 40.6 Å². The smallest absolute Gasteiger partial charge is 0.279 e. The molecule has 1 fully saturated rings. The first-order valence-electron chi connectivity index (χ1n) is 8.23. The standard InChI is InChI=1S/C18H19N3O2S/c22-16-14-7-4-8-19-17(14)21(12-13-6-5-11-24-13)18(23)15(16)20-9-2-1-3-10-20/h4-8,11,22H,1-3,9-10,12H2. The van der Waals surface area contributed by atoms with E-state index in [1.165, 1.54) is 6.42 Å². The van der Waals surface area contributed by atoms with E-state index in [1.54, 1.807) is 28.2 Å². The summed E-state index contributed by atoms with van der Waals surface area (Å²) in [7, 11) is 0. The third kappa shape index (κ3) is 2.57. The van der Waals surface area contributed by atoms with Gasteiger partial charge in [-0.2, -0.15) is 0 Å². The molecule has 5 nitrogen and oxygen atoms in total. The summed E-state index contributed by atoms with van der Waals surface area (Å²) in [5.74, 6) is 0.0624. The number of anilines is 1. The van der Waals surface area contributed by atoms with Gasteiger partial charge in [0.25, 0.3) is 5.56 Å². The number of hydrogen-bond acceptors (Lipinski definition) is 5. The normalized spacial score (nSPS) is 15.1. The second-order valence-electron chi connectivity index (χ2n) is 6.09. The van der Waals surface area contributed by atoms with E-state index < -0.39 is 0 Å². The largest absolute Gasteiger partial charge is 0.505 e. The molecular formula is C18H19N3O2S. The molecule has 0 aromatic carbocycles. The third-order valence-corrected chi connectivity index (χ3v) is 5.40. The lowest BCUT2D eigenvalue weighted by atomic mass is 10.1. The number of piperidine rings is 1. The molecule has 3 aromatic heterocycles. The fraction of sp³-hybridized carbons (Fsp3) is 0.333. The van der Waals surface area contributed by atoms with Gasteiger partial charge >= 0.3 is 0 Å². The zero-order valence-electron chi connectivity index (χ0n) is 13.3. The first-order valence-corrected chi connectivity index (χ1v) is 9.11. The summed E-state index contributed by atoms with van der Waals surface area (Å²) in [4.78, 5) is 20.6. The number of nitrogens with zero attached hydrogens (tertiary/aromatic N) is 3. The minimum absolute atomic E-state index is 0.0624. The Morgan fingerprint density at radius 2 is 2.00 bits per heavy atom. The summed E-state index contributed by atoms with van der Waals surface area (Å²) in [5, 5.41) is 13.4. The highest BCUT2D eigenvalue weighted by Crippen LogP contribution is 2.33. The molecule has 0 aliphatic carbocycles. The SMILES string of the molecule is O=c1c(N2CCCCC2)c(O)c2cccnc2n1Cc1cccs1. The Morgan fingerprint density at radius 1 is 1.17 bits per heavy atom. The van der Waals surface area contributed by atoms with Gasteiger partial charge in [-0.3, -0.25) is 9.36 Å². The van der Waals surface area contributed by atoms with E-state index in [-0.39, 0.29) is 11.3 Å². The van der Waals surface area contributed by atoms with Gasteiger partial charge in [-0.25, -0.2) is 4.98 Å². The van der Waals surface area contributed by atoms with E-state index in [0.717, 1.165) is 30.8 Å². The number of hydrogen-bond donors (Lipinski definition) is 1. The highest BCUT2D eigenvalue weighted by molar-refractivity contribution is 7.09. The second kappa shape index (κ2) is 6.28. The average molecular weight is 341 g/mol. The van der Waals surface area contributed by atoms with Gasteiger partial charge in [0.05, 0.1) is 11.9 Å². The lowest BCUT2D eigenvalue weighted by Gasteiger charge is -2.29. The number of fused-ring (bicyclic) bond motifs is 1. The fourth-order valence-electron chi connectivity index (χ4n) is 3.36. The lowest BCUT2D eigenvalue weighted by Crippen LogP contribution is -2.36. The van der Waals surface area contributed by atoms with E-state index in [1.807, 2.05) is 28.5 Å². The minimum atomic E-state index is -0.158. The number of rotatable bonds is 3. The maximum Gasteiger partial charge on any atom is 0.279 e. The van der Waals surface area contributed by atoms with Gasteiger partial charge < -0.3 is 10.0 Å². The van der Waals surface area contributed by atoms with E-state index in [2.05, 4.69) is 4.98 Å². The van der Waals surface area contributed by atoms with Crippen molar-refractivity contribution in [3.63, 3.8) is 0 Å². The molecule has 3 aromatic rings. The van der Waals surface area contributed by atoms with Crippen LogP contribution in [0.1, 0.15) is 24.1 Å². The molecule has 1 aliphatic heterocycles. The topological polar surface area (TPSA) is 58.4 Å². The Bertz CT molecular complexity index is 912. The van der Waals surface area contributed by atoms with Crippen molar-refractivity contribution in [1.82, 2.24) is 9.55 Å². The molecule has 24 heavy (non-hydrogen) atoms. The van der Waals surface area contributed by atoms with Gasteiger partial charge in [0, 0.05) is 24.2 Å². The molecular weight excluding hydrogens is 322 g/mol. The summed E-state index contributed by atoms with van der Waals surface area (Å²) < 4.78 is 1.69. The van der Waals surface area contributed by atoms with Crippen molar-refractivity contribution >= 4 is 28.1 Å². The van der Waals surface area contributed by atoms with Crippen molar-refractivity contribution in [3.8, 4) is 5.75 Å². The highest BCUT2D eigenvalue weighted by atomic mass is 32.1. The molecule has 0 bridgehead atoms. The van der Waals surface area contributed by atoms with Crippen molar-refractivity contribution in [1.29, 1.82) is 0 Å². The predicted octanol–water partition coefficient (Wildman–Crippen LogP) is 3.20. The average Bonchev–Trinajstić information content (AvgIpc) is 3.13. The fourth-order valence-corrected chi connectivity index (χ4v) is 4.05. The maximum absolute atomic E-state index is 13.2. The Labute approximate surface area is 143 Å². The first-order chi connectivity index (χ1) is 11.8. The van der Waals surface area contributed by atoms with Gasteiger partial charge in [-0.05, 0) is 42.8 Å². The van der Waals surface area contributed by atoms with Crippen LogP contribution in [0.2, 0.25) is 0 Å². The minimum Gasteiger partial charge on any atom is -0.505 e. The Hall–Kier alpha value is -2.34. The number of aromatic hydroxyl groups is 1. The molecule has 6 heteroatoms. The van der Waals surface area contributed by atoms with Crippen molar-refractivity contribution in [3.05, 3.63) is 51.1 Å². The van der Waals surface area contributed by atoms with Crippen molar-refractivity contribution < 1.29 is 5.11 Å². The molecule has 0 saturated carbocycles. The number of pyridine rings is 2. The molecule has 0 spiro atoms. The summed E-state index contributed by atoms with van der Waals surface area (Å²) in [6.45, 7) is 2.10. The Balaban J connectivity index is 1.94. The van der Waals surface area contributed by atoms with Crippen LogP contribution < -0.4 is 10.5 Å². The van der Waals surface area contributed by atoms with Gasteiger partial charge in [-0.1, -0.05) is 6.07 Å². The third-order valence-electron chi connectivity index (χ3n) is 4.54. The molecule has 1 aliphatic rings. The number of thiophene rings is 1. The molecule has 0 amide bonds. The Kier molecular flexibility index (Phi) is 3.98. The van der Waals surface area contributed by atoms with Crippen molar-refractivity contribution in [2.24, 2.45) is 0 Å².